The van der Waals surface area contributed by atoms with E-state index in [1.807, 2.05) is 45.0 Å². The molecule has 0 heterocycles. The molecule has 3 atom stereocenters. The molecule has 2 unspecified atom stereocenters. The minimum absolute atomic E-state index is 0.172. The largest absolute Gasteiger partial charge is 0.497 e. The summed E-state index contributed by atoms with van der Waals surface area (Å²) in [4.78, 5) is 23.4. The SMILES string of the molecule is COc1ccc([C@H](C)NC(=O)C2C(C(=O)O)C2(C)C)cc1. The summed E-state index contributed by atoms with van der Waals surface area (Å²) >= 11 is 0. The Morgan fingerprint density at radius 1 is 1.24 bits per heavy atom. The maximum Gasteiger partial charge on any atom is 0.307 e. The second kappa shape index (κ2) is 5.39. The summed E-state index contributed by atoms with van der Waals surface area (Å²) in [7, 11) is 1.60. The lowest BCUT2D eigenvalue weighted by Crippen LogP contribution is -2.30. The smallest absolute Gasteiger partial charge is 0.307 e. The lowest BCUT2D eigenvalue weighted by Gasteiger charge is -2.15. The molecule has 114 valence electrons. The number of carboxylic acid groups (broad SMARTS) is 1. The maximum atomic E-state index is 12.2. The van der Waals surface area contributed by atoms with Crippen molar-refractivity contribution in [2.45, 2.75) is 26.8 Å². The molecule has 1 aromatic carbocycles. The highest BCUT2D eigenvalue weighted by molar-refractivity contribution is 5.91. The maximum absolute atomic E-state index is 12.2. The van der Waals surface area contributed by atoms with Gasteiger partial charge in [0.2, 0.25) is 5.91 Å². The zero-order valence-electron chi connectivity index (χ0n) is 12.7. The molecule has 2 N–H and O–H groups in total. The molecular weight excluding hydrogens is 270 g/mol. The van der Waals surface area contributed by atoms with Crippen molar-refractivity contribution in [1.29, 1.82) is 0 Å². The van der Waals surface area contributed by atoms with Crippen molar-refractivity contribution in [3.8, 4) is 5.75 Å². The van der Waals surface area contributed by atoms with Crippen molar-refractivity contribution in [3.05, 3.63) is 29.8 Å². The van der Waals surface area contributed by atoms with Gasteiger partial charge in [0.25, 0.3) is 0 Å². The van der Waals surface area contributed by atoms with E-state index in [9.17, 15) is 9.59 Å². The Morgan fingerprint density at radius 2 is 1.81 bits per heavy atom. The van der Waals surface area contributed by atoms with Gasteiger partial charge in [0.05, 0.1) is 25.0 Å². The average Bonchev–Trinajstić information content (AvgIpc) is 3.02. The number of carbonyl (C=O) groups is 2. The van der Waals surface area contributed by atoms with Crippen molar-refractivity contribution in [1.82, 2.24) is 5.32 Å². The van der Waals surface area contributed by atoms with E-state index in [0.29, 0.717) is 0 Å². The number of ether oxygens (including phenoxy) is 1. The number of hydrogen-bond acceptors (Lipinski definition) is 3. The summed E-state index contributed by atoms with van der Waals surface area (Å²) in [6, 6.07) is 7.26. The van der Waals surface area contributed by atoms with Crippen LogP contribution in [-0.4, -0.2) is 24.1 Å². The Bertz CT molecular complexity index is 550. The molecule has 5 heteroatoms. The molecule has 0 radical (unpaired) electrons. The van der Waals surface area contributed by atoms with Crippen LogP contribution in [0, 0.1) is 17.3 Å². The predicted molar refractivity (Wildman–Crippen MR) is 77.9 cm³/mol. The van der Waals surface area contributed by atoms with Gasteiger partial charge in [0.1, 0.15) is 5.75 Å². The molecule has 1 amide bonds. The first kappa shape index (κ1) is 15.4. The van der Waals surface area contributed by atoms with Gasteiger partial charge in [-0.05, 0) is 30.0 Å². The first-order valence-electron chi connectivity index (χ1n) is 6.96. The molecule has 0 saturated heterocycles. The molecular formula is C16H21NO4. The van der Waals surface area contributed by atoms with E-state index in [0.717, 1.165) is 11.3 Å². The van der Waals surface area contributed by atoms with Crippen molar-refractivity contribution >= 4 is 11.9 Å². The zero-order chi connectivity index (χ0) is 15.8. The summed E-state index contributed by atoms with van der Waals surface area (Å²) in [6.45, 7) is 5.51. The summed E-state index contributed by atoms with van der Waals surface area (Å²) < 4.78 is 5.09. The average molecular weight is 291 g/mol. The van der Waals surface area contributed by atoms with E-state index in [1.54, 1.807) is 7.11 Å². The van der Waals surface area contributed by atoms with Gasteiger partial charge in [-0.25, -0.2) is 0 Å². The summed E-state index contributed by atoms with van der Waals surface area (Å²) in [6.07, 6.45) is 0. The normalized spacial score (nSPS) is 24.0. The monoisotopic (exact) mass is 291 g/mol. The van der Waals surface area contributed by atoms with Crippen LogP contribution in [0.15, 0.2) is 24.3 Å². The predicted octanol–water partition coefficient (Wildman–Crippen LogP) is 2.23. The minimum Gasteiger partial charge on any atom is -0.497 e. The lowest BCUT2D eigenvalue weighted by molar-refractivity contribution is -0.140. The number of benzene rings is 1. The fourth-order valence-corrected chi connectivity index (χ4v) is 2.87. The summed E-state index contributed by atoms with van der Waals surface area (Å²) in [5.41, 5.74) is 0.477. The van der Waals surface area contributed by atoms with Gasteiger partial charge < -0.3 is 15.2 Å². The van der Waals surface area contributed by atoms with Gasteiger partial charge in [0, 0.05) is 0 Å². The van der Waals surface area contributed by atoms with Crippen LogP contribution < -0.4 is 10.1 Å². The van der Waals surface area contributed by atoms with Crippen molar-refractivity contribution in [3.63, 3.8) is 0 Å². The Kier molecular flexibility index (Phi) is 3.94. The van der Waals surface area contributed by atoms with Crippen LogP contribution in [-0.2, 0) is 9.59 Å². The Hall–Kier alpha value is -2.04. The summed E-state index contributed by atoms with van der Waals surface area (Å²) in [5.74, 6) is -1.41. The Morgan fingerprint density at radius 3 is 2.24 bits per heavy atom. The molecule has 0 aliphatic heterocycles. The van der Waals surface area contributed by atoms with E-state index in [2.05, 4.69) is 5.32 Å². The third kappa shape index (κ3) is 2.86. The van der Waals surface area contributed by atoms with Gasteiger partial charge in [-0.1, -0.05) is 26.0 Å². The molecule has 1 fully saturated rings. The standard InChI is InChI=1S/C16H21NO4/c1-9(10-5-7-11(21-4)8-6-10)17-14(18)12-13(15(19)20)16(12,2)3/h5-9,12-13H,1-4H3,(H,17,18)(H,19,20)/t9-,12?,13?/m0/s1. The van der Waals surface area contributed by atoms with E-state index >= 15 is 0 Å². The van der Waals surface area contributed by atoms with E-state index in [-0.39, 0.29) is 11.9 Å². The lowest BCUT2D eigenvalue weighted by atomic mass is 10.1. The molecule has 21 heavy (non-hydrogen) atoms. The van der Waals surface area contributed by atoms with Crippen LogP contribution in [0.1, 0.15) is 32.4 Å². The molecule has 1 aromatic rings. The van der Waals surface area contributed by atoms with Crippen LogP contribution in [0.4, 0.5) is 0 Å². The Balaban J connectivity index is 2.01. The van der Waals surface area contributed by atoms with Gasteiger partial charge in [-0.2, -0.15) is 0 Å². The highest BCUT2D eigenvalue weighted by Crippen LogP contribution is 2.58. The van der Waals surface area contributed by atoms with Gasteiger partial charge in [0.15, 0.2) is 0 Å². The molecule has 2 rings (SSSR count). The quantitative estimate of drug-likeness (QED) is 0.872. The molecule has 0 bridgehead atoms. The van der Waals surface area contributed by atoms with Crippen LogP contribution >= 0.6 is 0 Å². The number of hydrogen-bond donors (Lipinski definition) is 2. The van der Waals surface area contributed by atoms with Crippen LogP contribution in [0.3, 0.4) is 0 Å². The second-order valence-electron chi connectivity index (χ2n) is 6.12. The third-order valence-corrected chi connectivity index (χ3v) is 4.35. The molecule has 0 aromatic heterocycles. The number of carboxylic acids is 1. The van der Waals surface area contributed by atoms with E-state index in [4.69, 9.17) is 9.84 Å². The third-order valence-electron chi connectivity index (χ3n) is 4.35. The zero-order valence-corrected chi connectivity index (χ0v) is 12.7. The topological polar surface area (TPSA) is 75.6 Å². The second-order valence-corrected chi connectivity index (χ2v) is 6.12. The van der Waals surface area contributed by atoms with Gasteiger partial charge in [-0.3, -0.25) is 9.59 Å². The number of nitrogens with one attached hydrogen (secondary N) is 1. The highest BCUT2D eigenvalue weighted by atomic mass is 16.5. The fourth-order valence-electron chi connectivity index (χ4n) is 2.87. The summed E-state index contributed by atoms with van der Waals surface area (Å²) in [5, 5.41) is 12.0. The van der Waals surface area contributed by atoms with Gasteiger partial charge >= 0.3 is 5.97 Å². The number of rotatable bonds is 5. The fraction of sp³-hybridized carbons (Fsp3) is 0.500. The molecule has 1 saturated carbocycles. The van der Waals surface area contributed by atoms with Crippen LogP contribution in [0.5, 0.6) is 5.75 Å². The van der Waals surface area contributed by atoms with Crippen LogP contribution in [0.2, 0.25) is 0 Å². The molecule has 1 aliphatic rings. The molecule has 5 nitrogen and oxygen atoms in total. The van der Waals surface area contributed by atoms with E-state index < -0.39 is 23.2 Å². The van der Waals surface area contributed by atoms with Gasteiger partial charge in [-0.15, -0.1) is 0 Å². The Labute approximate surface area is 124 Å². The molecule has 1 aliphatic carbocycles. The first-order valence-corrected chi connectivity index (χ1v) is 6.96. The van der Waals surface area contributed by atoms with Crippen molar-refractivity contribution < 1.29 is 19.4 Å². The first-order chi connectivity index (χ1) is 9.78. The van der Waals surface area contributed by atoms with Crippen molar-refractivity contribution in [2.24, 2.45) is 17.3 Å². The highest BCUT2D eigenvalue weighted by Gasteiger charge is 2.65. The number of amides is 1. The van der Waals surface area contributed by atoms with Crippen LogP contribution in [0.25, 0.3) is 0 Å². The number of carbonyl (C=O) groups excluding carboxylic acids is 1. The van der Waals surface area contributed by atoms with Crippen molar-refractivity contribution in [2.75, 3.05) is 7.11 Å². The number of methoxy groups -OCH3 is 1. The number of aliphatic carboxylic acids is 1. The molecule has 0 spiro atoms. The minimum atomic E-state index is -0.905. The van der Waals surface area contributed by atoms with E-state index in [1.165, 1.54) is 0 Å².